The van der Waals surface area contributed by atoms with Crippen LogP contribution in [-0.2, 0) is 12.7 Å². The van der Waals surface area contributed by atoms with Crippen molar-refractivity contribution in [1.29, 1.82) is 0 Å². The van der Waals surface area contributed by atoms with Gasteiger partial charge in [0, 0.05) is 31.2 Å². The number of nitrogens with zero attached hydrogens (tertiary/aromatic N) is 4. The number of rotatable bonds is 4. The molecule has 0 aliphatic carbocycles. The van der Waals surface area contributed by atoms with Crippen molar-refractivity contribution in [3.63, 3.8) is 0 Å². The van der Waals surface area contributed by atoms with E-state index in [0.717, 1.165) is 16.0 Å². The number of hydrogen-bond acceptors (Lipinski definition) is 6. The van der Waals surface area contributed by atoms with Gasteiger partial charge in [-0.3, -0.25) is 0 Å². The van der Waals surface area contributed by atoms with Crippen molar-refractivity contribution in [2.45, 2.75) is 19.6 Å². The molecule has 1 N–H and O–H groups in total. The Labute approximate surface area is 123 Å². The molecule has 2 aromatic heterocycles. The van der Waals surface area contributed by atoms with Gasteiger partial charge >= 0.3 is 6.18 Å². The number of alkyl halides is 3. The fraction of sp³-hybridized carbons (Fsp3) is 0.417. The van der Waals surface area contributed by atoms with Crippen LogP contribution in [0.25, 0.3) is 0 Å². The summed E-state index contributed by atoms with van der Waals surface area (Å²) in [5, 5.41) is 3.70. The molecule has 0 radical (unpaired) electrons. The van der Waals surface area contributed by atoms with Crippen LogP contribution in [0.3, 0.4) is 0 Å². The average Bonchev–Trinajstić information content (AvgIpc) is 2.81. The Morgan fingerprint density at radius 1 is 1.29 bits per heavy atom. The summed E-state index contributed by atoms with van der Waals surface area (Å²) < 4.78 is 38.5. The first-order valence-corrected chi connectivity index (χ1v) is 6.86. The molecular weight excluding hydrogens is 303 g/mol. The molecule has 0 bridgehead atoms. The van der Waals surface area contributed by atoms with Crippen LogP contribution in [-0.4, -0.2) is 29.0 Å². The molecule has 0 spiro atoms. The Bertz CT molecular complexity index is 624. The summed E-state index contributed by atoms with van der Waals surface area (Å²) in [6.07, 6.45) is -2.83. The van der Waals surface area contributed by atoms with Gasteiger partial charge in [0.25, 0.3) is 0 Å². The summed E-state index contributed by atoms with van der Waals surface area (Å²) >= 11 is 1.47. The maximum Gasteiger partial charge on any atom is 0.433 e. The van der Waals surface area contributed by atoms with Crippen molar-refractivity contribution >= 4 is 23.1 Å². The summed E-state index contributed by atoms with van der Waals surface area (Å²) in [6, 6.07) is 0.919. The third-order valence-corrected chi connectivity index (χ3v) is 3.46. The Kier molecular flexibility index (Phi) is 4.31. The average molecular weight is 317 g/mol. The fourth-order valence-corrected chi connectivity index (χ4v) is 2.28. The second kappa shape index (κ2) is 5.84. The largest absolute Gasteiger partial charge is 0.433 e. The quantitative estimate of drug-likeness (QED) is 0.939. The Hall–Kier alpha value is -1.90. The van der Waals surface area contributed by atoms with Crippen molar-refractivity contribution in [2.75, 3.05) is 24.3 Å². The van der Waals surface area contributed by atoms with E-state index in [1.54, 1.807) is 20.3 Å². The van der Waals surface area contributed by atoms with E-state index in [9.17, 15) is 13.2 Å². The van der Waals surface area contributed by atoms with E-state index in [2.05, 4.69) is 20.3 Å². The minimum atomic E-state index is -4.51. The fourth-order valence-electron chi connectivity index (χ4n) is 1.54. The van der Waals surface area contributed by atoms with Crippen LogP contribution in [0.1, 0.15) is 15.6 Å². The van der Waals surface area contributed by atoms with Gasteiger partial charge in [0.2, 0.25) is 5.95 Å². The minimum absolute atomic E-state index is 0.0559. The lowest BCUT2D eigenvalue weighted by Gasteiger charge is -2.15. The van der Waals surface area contributed by atoms with E-state index < -0.39 is 11.9 Å². The van der Waals surface area contributed by atoms with Crippen LogP contribution in [0.2, 0.25) is 0 Å². The lowest BCUT2D eigenvalue weighted by atomic mass is 10.3. The van der Waals surface area contributed by atoms with E-state index in [-0.39, 0.29) is 11.8 Å². The van der Waals surface area contributed by atoms with E-state index in [1.807, 2.05) is 6.92 Å². The Morgan fingerprint density at radius 2 is 2.00 bits per heavy atom. The molecule has 0 aliphatic heterocycles. The first-order valence-electron chi connectivity index (χ1n) is 6.04. The van der Waals surface area contributed by atoms with Gasteiger partial charge in [-0.05, 0) is 6.92 Å². The normalized spacial score (nSPS) is 11.5. The highest BCUT2D eigenvalue weighted by Crippen LogP contribution is 2.30. The van der Waals surface area contributed by atoms with Gasteiger partial charge in [-0.15, -0.1) is 11.3 Å². The second-order valence-corrected chi connectivity index (χ2v) is 5.85. The predicted octanol–water partition coefficient (Wildman–Crippen LogP) is 2.94. The third kappa shape index (κ3) is 4.03. The lowest BCUT2D eigenvalue weighted by Crippen LogP contribution is -2.17. The molecule has 2 rings (SSSR count). The molecule has 0 atom stereocenters. The number of thiazole rings is 1. The molecule has 0 fully saturated rings. The van der Waals surface area contributed by atoms with Gasteiger partial charge in [-0.25, -0.2) is 9.97 Å². The van der Waals surface area contributed by atoms with Gasteiger partial charge < -0.3 is 10.2 Å². The van der Waals surface area contributed by atoms with Gasteiger partial charge in [-0.2, -0.15) is 18.2 Å². The zero-order valence-corrected chi connectivity index (χ0v) is 12.5. The highest BCUT2D eigenvalue weighted by Gasteiger charge is 2.34. The Morgan fingerprint density at radius 3 is 2.52 bits per heavy atom. The van der Waals surface area contributed by atoms with Crippen molar-refractivity contribution < 1.29 is 13.2 Å². The summed E-state index contributed by atoms with van der Waals surface area (Å²) in [6.45, 7) is 2.19. The van der Waals surface area contributed by atoms with Crippen molar-refractivity contribution in [1.82, 2.24) is 15.0 Å². The summed E-state index contributed by atoms with van der Waals surface area (Å²) in [4.78, 5) is 14.1. The molecule has 2 heterocycles. The van der Waals surface area contributed by atoms with Gasteiger partial charge in [0.1, 0.15) is 5.82 Å². The van der Waals surface area contributed by atoms with Crippen molar-refractivity contribution in [3.8, 4) is 0 Å². The summed E-state index contributed by atoms with van der Waals surface area (Å²) in [5.41, 5.74) is -0.968. The van der Waals surface area contributed by atoms with Crippen molar-refractivity contribution in [2.24, 2.45) is 0 Å². The summed E-state index contributed by atoms with van der Waals surface area (Å²) in [7, 11) is 3.25. The number of hydrogen-bond donors (Lipinski definition) is 1. The van der Waals surface area contributed by atoms with E-state index in [0.29, 0.717) is 6.54 Å². The maximum atomic E-state index is 12.8. The molecule has 0 aliphatic rings. The number of aromatic nitrogens is 3. The van der Waals surface area contributed by atoms with Crippen LogP contribution in [0, 0.1) is 6.92 Å². The van der Waals surface area contributed by atoms with E-state index in [4.69, 9.17) is 0 Å². The number of halogens is 3. The molecule has 0 saturated carbocycles. The van der Waals surface area contributed by atoms with Gasteiger partial charge in [0.05, 0.1) is 11.6 Å². The van der Waals surface area contributed by atoms with E-state index in [1.165, 1.54) is 16.2 Å². The monoisotopic (exact) mass is 317 g/mol. The van der Waals surface area contributed by atoms with Crippen LogP contribution in [0.15, 0.2) is 12.3 Å². The number of aryl methyl sites for hydroxylation is 1. The molecule has 0 unspecified atom stereocenters. The zero-order chi connectivity index (χ0) is 15.6. The molecule has 0 aromatic carbocycles. The first kappa shape index (κ1) is 15.5. The second-order valence-electron chi connectivity index (χ2n) is 4.53. The highest BCUT2D eigenvalue weighted by atomic mass is 32.1. The number of nitrogens with one attached hydrogen (secondary N) is 1. The van der Waals surface area contributed by atoms with Crippen molar-refractivity contribution in [3.05, 3.63) is 27.8 Å². The smallest absolute Gasteiger partial charge is 0.363 e. The maximum absolute atomic E-state index is 12.8. The van der Waals surface area contributed by atoms with E-state index >= 15 is 0 Å². The topological polar surface area (TPSA) is 53.9 Å². The SMILES string of the molecule is Cc1ncc(CNc2nc(N(C)C)cc(C(F)(F)F)n2)s1. The third-order valence-electron chi connectivity index (χ3n) is 2.55. The van der Waals surface area contributed by atoms with Gasteiger partial charge in [0.15, 0.2) is 5.69 Å². The standard InChI is InChI=1S/C12H14F3N5S/c1-7-16-5-8(21-7)6-17-11-18-9(12(13,14)15)4-10(19-11)20(2)3/h4-5H,6H2,1-3H3,(H,17,18,19). The molecule has 9 heteroatoms. The molecule has 0 saturated heterocycles. The van der Waals surface area contributed by atoms with Crippen LogP contribution in [0.4, 0.5) is 24.9 Å². The molecular formula is C12H14F3N5S. The molecule has 0 amide bonds. The lowest BCUT2D eigenvalue weighted by molar-refractivity contribution is -0.141. The van der Waals surface area contributed by atoms with Crippen LogP contribution >= 0.6 is 11.3 Å². The van der Waals surface area contributed by atoms with Crippen LogP contribution in [0.5, 0.6) is 0 Å². The first-order chi connectivity index (χ1) is 9.75. The predicted molar refractivity (Wildman–Crippen MR) is 75.5 cm³/mol. The van der Waals surface area contributed by atoms with Crippen LogP contribution < -0.4 is 10.2 Å². The molecule has 21 heavy (non-hydrogen) atoms. The van der Waals surface area contributed by atoms with Gasteiger partial charge in [-0.1, -0.05) is 0 Å². The number of anilines is 2. The zero-order valence-electron chi connectivity index (χ0n) is 11.7. The Balaban J connectivity index is 2.23. The summed E-state index contributed by atoms with van der Waals surface area (Å²) in [5.74, 6) is 0.139. The minimum Gasteiger partial charge on any atom is -0.363 e. The molecule has 2 aromatic rings. The molecule has 5 nitrogen and oxygen atoms in total. The molecule has 114 valence electrons. The highest BCUT2D eigenvalue weighted by molar-refractivity contribution is 7.11.